The molecule has 0 unspecified atom stereocenters. The zero-order valence-corrected chi connectivity index (χ0v) is 7.84. The van der Waals surface area contributed by atoms with Crippen LogP contribution in [0.4, 0.5) is 0 Å². The molecule has 0 amide bonds. The molecule has 2 fully saturated rings. The van der Waals surface area contributed by atoms with Gasteiger partial charge >= 0.3 is 0 Å². The van der Waals surface area contributed by atoms with Crippen LogP contribution in [0.2, 0.25) is 0 Å². The number of rotatable bonds is 2. The van der Waals surface area contributed by atoms with Gasteiger partial charge in [0.25, 0.3) is 0 Å². The summed E-state index contributed by atoms with van der Waals surface area (Å²) in [6.45, 7) is 6.57. The Morgan fingerprint density at radius 1 is 1.25 bits per heavy atom. The maximum atomic E-state index is 3.85. The van der Waals surface area contributed by atoms with E-state index in [4.69, 9.17) is 0 Å². The smallest absolute Gasteiger partial charge is 0.0127 e. The fraction of sp³-hybridized carbons (Fsp3) is 0.818. The largest absolute Gasteiger partial charge is 0.300 e. The van der Waals surface area contributed by atoms with E-state index in [1.807, 2.05) is 0 Å². The van der Waals surface area contributed by atoms with Crippen LogP contribution in [0, 0.1) is 5.92 Å². The van der Waals surface area contributed by atoms with Crippen molar-refractivity contribution in [2.24, 2.45) is 5.92 Å². The molecule has 2 saturated heterocycles. The number of piperidine rings is 1. The van der Waals surface area contributed by atoms with E-state index in [9.17, 15) is 0 Å². The van der Waals surface area contributed by atoms with E-state index in [1.165, 1.54) is 45.2 Å². The van der Waals surface area contributed by atoms with Crippen molar-refractivity contribution in [3.63, 3.8) is 0 Å². The summed E-state index contributed by atoms with van der Waals surface area (Å²) in [6.07, 6.45) is 9.06. The fourth-order valence-electron chi connectivity index (χ4n) is 2.90. The molecule has 0 aliphatic carbocycles. The first-order valence-electron chi connectivity index (χ1n) is 5.27. The molecule has 1 nitrogen and oxygen atoms in total. The summed E-state index contributed by atoms with van der Waals surface area (Å²) >= 11 is 0. The molecule has 0 spiro atoms. The molecule has 0 saturated carbocycles. The lowest BCUT2D eigenvalue weighted by Gasteiger charge is -2.36. The van der Waals surface area contributed by atoms with Crippen LogP contribution < -0.4 is 0 Å². The molecule has 12 heavy (non-hydrogen) atoms. The van der Waals surface area contributed by atoms with Gasteiger partial charge in [-0.1, -0.05) is 6.08 Å². The van der Waals surface area contributed by atoms with Gasteiger partial charge < -0.3 is 4.90 Å². The zero-order chi connectivity index (χ0) is 8.39. The van der Waals surface area contributed by atoms with Gasteiger partial charge in [0.2, 0.25) is 0 Å². The standard InChI is InChI=1S/C11H19N/c1-2-5-10-6-3-8-12-9-4-7-11(10)12/h2,10-11H,1,3-9H2/t10-,11+/m0/s1. The predicted molar refractivity (Wildman–Crippen MR) is 52.1 cm³/mol. The van der Waals surface area contributed by atoms with Crippen molar-refractivity contribution in [3.05, 3.63) is 12.7 Å². The maximum Gasteiger partial charge on any atom is 0.0127 e. The Balaban J connectivity index is 1.98. The van der Waals surface area contributed by atoms with Gasteiger partial charge in [0.05, 0.1) is 0 Å². The molecule has 68 valence electrons. The number of hydrogen-bond acceptors (Lipinski definition) is 1. The van der Waals surface area contributed by atoms with Crippen LogP contribution in [0.1, 0.15) is 32.1 Å². The molecule has 1 heteroatoms. The highest BCUT2D eigenvalue weighted by atomic mass is 15.2. The fourth-order valence-corrected chi connectivity index (χ4v) is 2.90. The molecule has 0 aromatic carbocycles. The minimum atomic E-state index is 0.914. The Morgan fingerprint density at radius 3 is 2.75 bits per heavy atom. The summed E-state index contributed by atoms with van der Waals surface area (Å²) in [6, 6.07) is 0.914. The average Bonchev–Trinajstić information content (AvgIpc) is 2.53. The van der Waals surface area contributed by atoms with E-state index >= 15 is 0 Å². The number of allylic oxidation sites excluding steroid dienone is 1. The van der Waals surface area contributed by atoms with Gasteiger partial charge in [0.1, 0.15) is 0 Å². The molecular formula is C11H19N. The molecule has 2 heterocycles. The van der Waals surface area contributed by atoms with Crippen molar-refractivity contribution < 1.29 is 0 Å². The Hall–Kier alpha value is -0.300. The van der Waals surface area contributed by atoms with Crippen LogP contribution in [0.3, 0.4) is 0 Å². The van der Waals surface area contributed by atoms with E-state index in [0.717, 1.165) is 12.0 Å². The summed E-state index contributed by atoms with van der Waals surface area (Å²) in [7, 11) is 0. The molecule has 2 aliphatic rings. The maximum absolute atomic E-state index is 3.85. The SMILES string of the molecule is C=CC[C@H]1CCCN2CCC[C@H]12. The first-order valence-corrected chi connectivity index (χ1v) is 5.27. The van der Waals surface area contributed by atoms with Crippen molar-refractivity contribution >= 4 is 0 Å². The average molecular weight is 165 g/mol. The van der Waals surface area contributed by atoms with Crippen LogP contribution in [0.15, 0.2) is 12.7 Å². The third-order valence-corrected chi connectivity index (χ3v) is 3.45. The third kappa shape index (κ3) is 1.42. The van der Waals surface area contributed by atoms with E-state index < -0.39 is 0 Å². The second kappa shape index (κ2) is 3.61. The lowest BCUT2D eigenvalue weighted by atomic mass is 9.87. The lowest BCUT2D eigenvalue weighted by Crippen LogP contribution is -2.40. The number of fused-ring (bicyclic) bond motifs is 1. The lowest BCUT2D eigenvalue weighted by molar-refractivity contribution is 0.135. The summed E-state index contributed by atoms with van der Waals surface area (Å²) in [5.41, 5.74) is 0. The highest BCUT2D eigenvalue weighted by molar-refractivity contribution is 4.91. The highest BCUT2D eigenvalue weighted by Crippen LogP contribution is 2.33. The van der Waals surface area contributed by atoms with Gasteiger partial charge in [-0.25, -0.2) is 0 Å². The Morgan fingerprint density at radius 2 is 2.00 bits per heavy atom. The Bertz CT molecular complexity index is 164. The molecule has 0 radical (unpaired) electrons. The number of nitrogens with zero attached hydrogens (tertiary/aromatic N) is 1. The molecule has 0 N–H and O–H groups in total. The highest BCUT2D eigenvalue weighted by Gasteiger charge is 2.33. The van der Waals surface area contributed by atoms with Crippen molar-refractivity contribution in [2.75, 3.05) is 13.1 Å². The van der Waals surface area contributed by atoms with Gasteiger partial charge in [-0.3, -0.25) is 0 Å². The van der Waals surface area contributed by atoms with Crippen LogP contribution >= 0.6 is 0 Å². The van der Waals surface area contributed by atoms with Gasteiger partial charge in [-0.2, -0.15) is 0 Å². The molecule has 2 rings (SSSR count). The Labute approximate surface area is 75.4 Å². The minimum absolute atomic E-state index is 0.914. The Kier molecular flexibility index (Phi) is 2.50. The first kappa shape index (κ1) is 8.31. The normalized spacial score (nSPS) is 36.3. The summed E-state index contributed by atoms with van der Waals surface area (Å²) in [4.78, 5) is 2.69. The molecule has 2 aliphatic heterocycles. The molecule has 0 bridgehead atoms. The predicted octanol–water partition coefficient (Wildman–Crippen LogP) is 2.44. The van der Waals surface area contributed by atoms with Crippen LogP contribution in [-0.4, -0.2) is 24.0 Å². The topological polar surface area (TPSA) is 3.24 Å². The second-order valence-corrected chi connectivity index (χ2v) is 4.17. The summed E-state index contributed by atoms with van der Waals surface area (Å²) < 4.78 is 0. The van der Waals surface area contributed by atoms with Gasteiger partial charge in [-0.15, -0.1) is 6.58 Å². The van der Waals surface area contributed by atoms with E-state index in [-0.39, 0.29) is 0 Å². The van der Waals surface area contributed by atoms with E-state index in [1.54, 1.807) is 0 Å². The van der Waals surface area contributed by atoms with Crippen molar-refractivity contribution in [1.82, 2.24) is 4.90 Å². The number of hydrogen-bond donors (Lipinski definition) is 0. The summed E-state index contributed by atoms with van der Waals surface area (Å²) in [5, 5.41) is 0. The molecule has 0 aromatic rings. The monoisotopic (exact) mass is 165 g/mol. The van der Waals surface area contributed by atoms with Gasteiger partial charge in [0, 0.05) is 6.04 Å². The second-order valence-electron chi connectivity index (χ2n) is 4.17. The zero-order valence-electron chi connectivity index (χ0n) is 7.84. The quantitative estimate of drug-likeness (QED) is 0.568. The van der Waals surface area contributed by atoms with E-state index in [2.05, 4.69) is 17.6 Å². The van der Waals surface area contributed by atoms with E-state index in [0.29, 0.717) is 0 Å². The molecule has 2 atom stereocenters. The van der Waals surface area contributed by atoms with Gasteiger partial charge in [-0.05, 0) is 51.1 Å². The summed E-state index contributed by atoms with van der Waals surface area (Å²) in [5.74, 6) is 0.929. The van der Waals surface area contributed by atoms with Gasteiger partial charge in [0.15, 0.2) is 0 Å². The van der Waals surface area contributed by atoms with Crippen LogP contribution in [0.5, 0.6) is 0 Å². The molecule has 0 aromatic heterocycles. The first-order chi connectivity index (χ1) is 5.92. The van der Waals surface area contributed by atoms with Crippen molar-refractivity contribution in [1.29, 1.82) is 0 Å². The minimum Gasteiger partial charge on any atom is -0.300 e. The third-order valence-electron chi connectivity index (χ3n) is 3.45. The van der Waals surface area contributed by atoms with Crippen molar-refractivity contribution in [2.45, 2.75) is 38.1 Å². The van der Waals surface area contributed by atoms with Crippen molar-refractivity contribution in [3.8, 4) is 0 Å². The van der Waals surface area contributed by atoms with Crippen LogP contribution in [0.25, 0.3) is 0 Å². The molecular weight excluding hydrogens is 146 g/mol. The van der Waals surface area contributed by atoms with Crippen LogP contribution in [-0.2, 0) is 0 Å².